The van der Waals surface area contributed by atoms with Gasteiger partial charge in [0.2, 0.25) is 5.75 Å². The SMILES string of the molecule is COc1cc(C(=O)OCC(=O)N2C[C@@]3(C)C[C@H]2CC(C)(C)C3)cc(OC)c1OC. The van der Waals surface area contributed by atoms with Crippen LogP contribution in [0.1, 0.15) is 50.4 Å². The van der Waals surface area contributed by atoms with Crippen LogP contribution in [-0.4, -0.2) is 57.3 Å². The number of hydrogen-bond donors (Lipinski definition) is 0. The highest BCUT2D eigenvalue weighted by molar-refractivity contribution is 5.93. The van der Waals surface area contributed by atoms with Gasteiger partial charge in [0.05, 0.1) is 26.9 Å². The van der Waals surface area contributed by atoms with Gasteiger partial charge in [0.15, 0.2) is 18.1 Å². The van der Waals surface area contributed by atoms with Gasteiger partial charge < -0.3 is 23.8 Å². The summed E-state index contributed by atoms with van der Waals surface area (Å²) < 4.78 is 21.1. The lowest BCUT2D eigenvalue weighted by molar-refractivity contribution is -0.135. The van der Waals surface area contributed by atoms with Crippen LogP contribution in [0.25, 0.3) is 0 Å². The number of fused-ring (bicyclic) bond motifs is 2. The van der Waals surface area contributed by atoms with Crippen molar-refractivity contribution in [1.29, 1.82) is 0 Å². The number of benzene rings is 1. The van der Waals surface area contributed by atoms with E-state index < -0.39 is 5.97 Å². The summed E-state index contributed by atoms with van der Waals surface area (Å²) in [5.41, 5.74) is 0.600. The molecule has 0 N–H and O–H groups in total. The number of likely N-dealkylation sites (tertiary alicyclic amines) is 1. The van der Waals surface area contributed by atoms with Gasteiger partial charge in [-0.1, -0.05) is 20.8 Å². The van der Waals surface area contributed by atoms with E-state index in [1.54, 1.807) is 0 Å². The molecule has 3 rings (SSSR count). The zero-order chi connectivity index (χ0) is 21.4. The Hall–Kier alpha value is -2.44. The summed E-state index contributed by atoms with van der Waals surface area (Å²) in [5, 5.41) is 0. The number of carbonyl (C=O) groups excluding carboxylic acids is 2. The highest BCUT2D eigenvalue weighted by Crippen LogP contribution is 2.52. The monoisotopic (exact) mass is 405 g/mol. The van der Waals surface area contributed by atoms with Crippen molar-refractivity contribution in [1.82, 2.24) is 4.90 Å². The lowest BCUT2D eigenvalue weighted by atomic mass is 9.65. The fourth-order valence-corrected chi connectivity index (χ4v) is 5.24. The van der Waals surface area contributed by atoms with E-state index in [0.717, 1.165) is 25.8 Å². The Bertz CT molecular complexity index is 779. The lowest BCUT2D eigenvalue weighted by Gasteiger charge is -2.39. The minimum Gasteiger partial charge on any atom is -0.493 e. The van der Waals surface area contributed by atoms with Crippen molar-refractivity contribution in [2.24, 2.45) is 10.8 Å². The summed E-state index contributed by atoms with van der Waals surface area (Å²) in [4.78, 5) is 27.3. The number of methoxy groups -OCH3 is 3. The molecule has 1 aliphatic carbocycles. The smallest absolute Gasteiger partial charge is 0.338 e. The number of rotatable bonds is 6. The first-order valence-electron chi connectivity index (χ1n) is 9.88. The Morgan fingerprint density at radius 1 is 1.03 bits per heavy atom. The number of hydrogen-bond acceptors (Lipinski definition) is 6. The zero-order valence-electron chi connectivity index (χ0n) is 18.2. The number of esters is 1. The van der Waals surface area contributed by atoms with Gasteiger partial charge in [0.1, 0.15) is 0 Å². The van der Waals surface area contributed by atoms with Crippen LogP contribution < -0.4 is 14.2 Å². The molecule has 7 heteroatoms. The summed E-state index contributed by atoms with van der Waals surface area (Å²) in [5.74, 6) is 0.355. The molecule has 160 valence electrons. The lowest BCUT2D eigenvalue weighted by Crippen LogP contribution is -2.39. The molecular weight excluding hydrogens is 374 g/mol. The van der Waals surface area contributed by atoms with Gasteiger partial charge in [0.25, 0.3) is 5.91 Å². The zero-order valence-corrected chi connectivity index (χ0v) is 18.2. The molecule has 7 nitrogen and oxygen atoms in total. The van der Waals surface area contributed by atoms with Crippen molar-refractivity contribution in [3.63, 3.8) is 0 Å². The Balaban J connectivity index is 1.68. The van der Waals surface area contributed by atoms with Crippen LogP contribution in [0.5, 0.6) is 17.2 Å². The first-order chi connectivity index (χ1) is 13.6. The maximum Gasteiger partial charge on any atom is 0.338 e. The second-order valence-electron chi connectivity index (χ2n) is 9.23. The molecular formula is C22H31NO6. The fraction of sp³-hybridized carbons (Fsp3) is 0.636. The number of nitrogens with zero attached hydrogens (tertiary/aromatic N) is 1. The predicted molar refractivity (Wildman–Crippen MR) is 108 cm³/mol. The van der Waals surface area contributed by atoms with E-state index >= 15 is 0 Å². The average Bonchev–Trinajstić information content (AvgIpc) is 2.93. The highest BCUT2D eigenvalue weighted by atomic mass is 16.5. The van der Waals surface area contributed by atoms with Crippen molar-refractivity contribution in [2.45, 2.75) is 46.1 Å². The number of amides is 1. The molecule has 1 heterocycles. The molecule has 2 bridgehead atoms. The van der Waals surface area contributed by atoms with Crippen LogP contribution in [0.3, 0.4) is 0 Å². The standard InChI is InChI=1S/C22H31NO6/c1-21(2)9-15-10-22(3,12-21)13-23(15)18(24)11-29-20(25)14-7-16(26-4)19(28-6)17(8-14)27-5/h7-8,15H,9-13H2,1-6H3/t15-,22+/m1/s1. The molecule has 1 amide bonds. The van der Waals surface area contributed by atoms with E-state index in [1.807, 2.05) is 4.90 Å². The highest BCUT2D eigenvalue weighted by Gasteiger charge is 2.50. The van der Waals surface area contributed by atoms with Crippen molar-refractivity contribution >= 4 is 11.9 Å². The molecule has 2 aliphatic rings. The van der Waals surface area contributed by atoms with Gasteiger partial charge in [-0.3, -0.25) is 4.79 Å². The van der Waals surface area contributed by atoms with E-state index in [-0.39, 0.29) is 34.9 Å². The quantitative estimate of drug-likeness (QED) is 0.676. The van der Waals surface area contributed by atoms with Gasteiger partial charge in [-0.15, -0.1) is 0 Å². The van der Waals surface area contributed by atoms with Gasteiger partial charge >= 0.3 is 5.97 Å². The first kappa shape index (κ1) is 21.3. The first-order valence-corrected chi connectivity index (χ1v) is 9.88. The second kappa shape index (κ2) is 7.76. The summed E-state index contributed by atoms with van der Waals surface area (Å²) in [6, 6.07) is 3.25. The maximum atomic E-state index is 12.8. The molecule has 1 saturated heterocycles. The third kappa shape index (κ3) is 4.28. The summed E-state index contributed by atoms with van der Waals surface area (Å²) in [6.07, 6.45) is 3.10. The van der Waals surface area contributed by atoms with Crippen molar-refractivity contribution in [3.05, 3.63) is 17.7 Å². The molecule has 0 spiro atoms. The number of ether oxygens (including phenoxy) is 4. The fourth-order valence-electron chi connectivity index (χ4n) is 5.24. The Morgan fingerprint density at radius 2 is 1.66 bits per heavy atom. The molecule has 0 aromatic heterocycles. The van der Waals surface area contributed by atoms with Gasteiger partial charge in [-0.05, 0) is 42.2 Å². The van der Waals surface area contributed by atoms with E-state index in [1.165, 1.54) is 33.5 Å². The maximum absolute atomic E-state index is 12.8. The van der Waals surface area contributed by atoms with E-state index in [4.69, 9.17) is 18.9 Å². The topological polar surface area (TPSA) is 74.3 Å². The minimum absolute atomic E-state index is 0.141. The predicted octanol–water partition coefficient (Wildman–Crippen LogP) is 3.30. The van der Waals surface area contributed by atoms with Gasteiger partial charge in [0, 0.05) is 12.6 Å². The summed E-state index contributed by atoms with van der Waals surface area (Å²) in [6.45, 7) is 7.21. The normalized spacial score (nSPS) is 24.8. The van der Waals surface area contributed by atoms with E-state index in [9.17, 15) is 9.59 Å². The van der Waals surface area contributed by atoms with Crippen molar-refractivity contribution in [2.75, 3.05) is 34.5 Å². The molecule has 0 unspecified atom stereocenters. The molecule has 1 aromatic rings. The minimum atomic E-state index is -0.605. The van der Waals surface area contributed by atoms with Gasteiger partial charge in [-0.25, -0.2) is 4.79 Å². The average molecular weight is 405 g/mol. The molecule has 1 saturated carbocycles. The molecule has 1 aromatic carbocycles. The van der Waals surface area contributed by atoms with Crippen LogP contribution >= 0.6 is 0 Å². The van der Waals surface area contributed by atoms with Crippen molar-refractivity contribution < 1.29 is 28.5 Å². The summed E-state index contributed by atoms with van der Waals surface area (Å²) in [7, 11) is 4.44. The molecule has 1 aliphatic heterocycles. The van der Waals surface area contributed by atoms with E-state index in [2.05, 4.69) is 20.8 Å². The van der Waals surface area contributed by atoms with Gasteiger partial charge in [-0.2, -0.15) is 0 Å². The Kier molecular flexibility index (Phi) is 5.70. The third-order valence-electron chi connectivity index (χ3n) is 5.96. The molecule has 2 fully saturated rings. The molecule has 29 heavy (non-hydrogen) atoms. The van der Waals surface area contributed by atoms with Crippen LogP contribution in [-0.2, 0) is 9.53 Å². The van der Waals surface area contributed by atoms with Crippen LogP contribution in [0.4, 0.5) is 0 Å². The van der Waals surface area contributed by atoms with E-state index in [0.29, 0.717) is 17.2 Å². The van der Waals surface area contributed by atoms with Crippen LogP contribution in [0.15, 0.2) is 12.1 Å². The Labute approximate surface area is 172 Å². The second-order valence-corrected chi connectivity index (χ2v) is 9.23. The van der Waals surface area contributed by atoms with Crippen molar-refractivity contribution in [3.8, 4) is 17.2 Å². The molecule has 0 radical (unpaired) electrons. The Morgan fingerprint density at radius 3 is 2.21 bits per heavy atom. The largest absolute Gasteiger partial charge is 0.493 e. The van der Waals surface area contributed by atoms with Crippen LogP contribution in [0.2, 0.25) is 0 Å². The molecule has 2 atom stereocenters. The number of carbonyl (C=O) groups is 2. The van der Waals surface area contributed by atoms with Crippen LogP contribution in [0, 0.1) is 10.8 Å². The summed E-state index contributed by atoms with van der Waals surface area (Å²) >= 11 is 0. The third-order valence-corrected chi connectivity index (χ3v) is 5.96.